The molecule has 0 saturated carbocycles. The summed E-state index contributed by atoms with van der Waals surface area (Å²) in [6.45, 7) is 2.48. The molecule has 11 heteroatoms. The maximum absolute atomic E-state index is 12.7. The van der Waals surface area contributed by atoms with Crippen LogP contribution in [0.5, 0.6) is 5.75 Å². The van der Waals surface area contributed by atoms with E-state index in [1.165, 1.54) is 11.8 Å². The molecule has 7 rings (SSSR count). The number of tetrazole rings is 1. The monoisotopic (exact) mass is 699 g/mol. The second kappa shape index (κ2) is 15.7. The lowest BCUT2D eigenvalue weighted by atomic mass is 9.91. The van der Waals surface area contributed by atoms with Crippen LogP contribution in [0.1, 0.15) is 51.9 Å². The average Bonchev–Trinajstić information content (AvgIpc) is 3.66. The van der Waals surface area contributed by atoms with Gasteiger partial charge < -0.3 is 25.0 Å². The number of phenolic OH excluding ortho intramolecular Hbond substituents is 1. The lowest BCUT2D eigenvalue weighted by Crippen LogP contribution is -2.38. The normalized spacial score (nSPS) is 18.7. The fourth-order valence-electron chi connectivity index (χ4n) is 6.13. The van der Waals surface area contributed by atoms with E-state index in [9.17, 15) is 15.0 Å². The molecule has 1 aliphatic heterocycles. The molecule has 3 N–H and O–H groups in total. The first-order valence-electron chi connectivity index (χ1n) is 16.7. The first-order valence-corrected chi connectivity index (χ1v) is 17.7. The van der Waals surface area contributed by atoms with Crippen LogP contribution in [0.15, 0.2) is 133 Å². The van der Waals surface area contributed by atoms with Crippen LogP contribution in [0, 0.1) is 5.92 Å². The first kappa shape index (κ1) is 34.1. The van der Waals surface area contributed by atoms with Gasteiger partial charge in [0.15, 0.2) is 6.29 Å². The van der Waals surface area contributed by atoms with Crippen molar-refractivity contribution in [2.75, 3.05) is 5.75 Å². The minimum Gasteiger partial charge on any atom is -0.508 e. The largest absolute Gasteiger partial charge is 0.508 e. The van der Waals surface area contributed by atoms with Gasteiger partial charge in [0.25, 0.3) is 5.91 Å². The summed E-state index contributed by atoms with van der Waals surface area (Å²) in [6.07, 6.45) is -1.14. The quantitative estimate of drug-likeness (QED) is 0.122. The van der Waals surface area contributed by atoms with Gasteiger partial charge in [-0.2, -0.15) is 4.68 Å². The van der Waals surface area contributed by atoms with Crippen molar-refractivity contribution < 1.29 is 24.5 Å². The van der Waals surface area contributed by atoms with Crippen molar-refractivity contribution in [3.8, 4) is 22.6 Å². The number of thioether (sulfide) groups is 1. The molecule has 0 radical (unpaired) electrons. The molecule has 1 saturated heterocycles. The number of aromatic nitrogens is 4. The molecule has 6 aromatic rings. The second-order valence-electron chi connectivity index (χ2n) is 12.4. The lowest BCUT2D eigenvalue weighted by molar-refractivity contribution is -0.268. The molecular weight excluding hydrogens is 663 g/mol. The summed E-state index contributed by atoms with van der Waals surface area (Å²) in [4.78, 5) is 12.7. The van der Waals surface area contributed by atoms with Crippen molar-refractivity contribution in [3.05, 3.63) is 155 Å². The van der Waals surface area contributed by atoms with Crippen molar-refractivity contribution in [1.82, 2.24) is 25.5 Å². The van der Waals surface area contributed by atoms with Crippen molar-refractivity contribution in [2.45, 2.75) is 43.7 Å². The van der Waals surface area contributed by atoms with Crippen molar-refractivity contribution in [3.63, 3.8) is 0 Å². The number of aliphatic hydroxyl groups excluding tert-OH is 1. The van der Waals surface area contributed by atoms with Crippen molar-refractivity contribution in [1.29, 1.82) is 0 Å². The Morgan fingerprint density at radius 2 is 1.55 bits per heavy atom. The zero-order valence-electron chi connectivity index (χ0n) is 27.9. The Labute approximate surface area is 300 Å². The third kappa shape index (κ3) is 7.87. The zero-order valence-corrected chi connectivity index (χ0v) is 28.7. The molecule has 1 amide bonds. The van der Waals surface area contributed by atoms with Gasteiger partial charge in [-0.05, 0) is 74.6 Å². The fourth-order valence-corrected chi connectivity index (χ4v) is 7.19. The Morgan fingerprint density at radius 1 is 0.843 bits per heavy atom. The number of amides is 1. The summed E-state index contributed by atoms with van der Waals surface area (Å²) < 4.78 is 15.0. The number of benzene rings is 5. The van der Waals surface area contributed by atoms with Gasteiger partial charge in [0, 0.05) is 29.3 Å². The number of aromatic hydroxyl groups is 1. The number of rotatable bonds is 11. The molecule has 10 nitrogen and oxygen atoms in total. The van der Waals surface area contributed by atoms with E-state index < -0.39 is 6.29 Å². The number of aliphatic hydroxyl groups is 1. The number of carbonyl (C=O) groups excluding carboxylic acids is 1. The Hall–Kier alpha value is -5.33. The summed E-state index contributed by atoms with van der Waals surface area (Å²) >= 11 is 1.49. The lowest BCUT2D eigenvalue weighted by Gasteiger charge is -2.41. The number of carbonyl (C=O) groups is 1. The molecule has 4 atom stereocenters. The highest BCUT2D eigenvalue weighted by molar-refractivity contribution is 7.99. The van der Waals surface area contributed by atoms with Gasteiger partial charge in [0.05, 0.1) is 24.5 Å². The van der Waals surface area contributed by atoms with Crippen LogP contribution in [-0.4, -0.2) is 48.2 Å². The number of nitrogens with zero attached hydrogens (tertiary/aromatic N) is 4. The molecule has 258 valence electrons. The Bertz CT molecular complexity index is 2060. The van der Waals surface area contributed by atoms with Gasteiger partial charge in [0.2, 0.25) is 5.16 Å². The SMILES string of the molecule is C[C@H]1[C@@H](CSc2nnnn2-c2ccc(O)cc2)O[C@@H](c2ccc(-c3ccccc3CNC(=O)c3ccccc3)cc2)O[C@H]1c1ccc(CO)cc1. The Kier molecular flexibility index (Phi) is 10.5. The van der Waals surface area contributed by atoms with Gasteiger partial charge in [-0.3, -0.25) is 4.79 Å². The van der Waals surface area contributed by atoms with Gasteiger partial charge >= 0.3 is 0 Å². The number of hydrogen-bond acceptors (Lipinski definition) is 9. The predicted octanol–water partition coefficient (Wildman–Crippen LogP) is 7.04. The molecule has 0 unspecified atom stereocenters. The molecule has 1 fully saturated rings. The Morgan fingerprint density at radius 3 is 2.29 bits per heavy atom. The molecule has 1 aromatic heterocycles. The van der Waals surface area contributed by atoms with Crippen molar-refractivity contribution >= 4 is 17.7 Å². The smallest absolute Gasteiger partial charge is 0.251 e. The van der Waals surface area contributed by atoms with Crippen LogP contribution < -0.4 is 5.32 Å². The van der Waals surface area contributed by atoms with E-state index in [1.54, 1.807) is 41.1 Å². The van der Waals surface area contributed by atoms with Crippen LogP contribution in [0.4, 0.5) is 0 Å². The highest BCUT2D eigenvalue weighted by Crippen LogP contribution is 2.43. The second-order valence-corrected chi connectivity index (χ2v) is 13.3. The maximum Gasteiger partial charge on any atom is 0.251 e. The summed E-state index contributed by atoms with van der Waals surface area (Å²) in [5, 5.41) is 35.3. The van der Waals surface area contributed by atoms with E-state index in [1.807, 2.05) is 72.8 Å². The minimum atomic E-state index is -0.642. The average molecular weight is 700 g/mol. The molecule has 5 aromatic carbocycles. The summed E-state index contributed by atoms with van der Waals surface area (Å²) in [7, 11) is 0. The van der Waals surface area contributed by atoms with E-state index in [4.69, 9.17) is 9.47 Å². The molecule has 51 heavy (non-hydrogen) atoms. The Balaban J connectivity index is 1.11. The highest BCUT2D eigenvalue weighted by Gasteiger charge is 2.38. The highest BCUT2D eigenvalue weighted by atomic mass is 32.2. The molecule has 0 aliphatic carbocycles. The van der Waals surface area contributed by atoms with Crippen LogP contribution in [0.3, 0.4) is 0 Å². The third-order valence-electron chi connectivity index (χ3n) is 9.02. The number of ether oxygens (including phenoxy) is 2. The predicted molar refractivity (Wildman–Crippen MR) is 194 cm³/mol. The summed E-state index contributed by atoms with van der Waals surface area (Å²) in [6, 6.07) is 39.9. The molecule has 0 spiro atoms. The summed E-state index contributed by atoms with van der Waals surface area (Å²) in [5.74, 6) is 0.583. The van der Waals surface area contributed by atoms with Gasteiger partial charge in [0.1, 0.15) is 5.75 Å². The summed E-state index contributed by atoms with van der Waals surface area (Å²) in [5.41, 5.74) is 7.11. The van der Waals surface area contributed by atoms with Crippen LogP contribution in [0.25, 0.3) is 16.8 Å². The third-order valence-corrected chi connectivity index (χ3v) is 10.0. The first-order chi connectivity index (χ1) is 25.0. The topological polar surface area (TPSA) is 132 Å². The van der Waals surface area contributed by atoms with E-state index in [-0.39, 0.29) is 36.4 Å². The minimum absolute atomic E-state index is 0.0241. The standard InChI is InChI=1S/C40H37N5O5S/c1-26-36(25-51-40-42-43-44-45(40)33-19-21-34(47)22-20-33)49-39(50-37(26)29-13-11-27(24-46)12-14-29)31-17-15-28(16-18-31)35-10-6-5-9-32(35)23-41-38(48)30-7-3-2-4-8-30/h2-22,26,36-37,39,46-47H,23-25H2,1H3,(H,41,48)/t26-,36+,37+,39+/m0/s1. The fraction of sp³-hybridized carbons (Fsp3) is 0.200. The number of phenols is 1. The number of nitrogens with one attached hydrogen (secondary N) is 1. The van der Waals surface area contributed by atoms with Gasteiger partial charge in [-0.25, -0.2) is 0 Å². The number of hydrogen-bond donors (Lipinski definition) is 3. The van der Waals surface area contributed by atoms with Gasteiger partial charge in [-0.15, -0.1) is 5.10 Å². The zero-order chi connectivity index (χ0) is 35.2. The molecule has 1 aliphatic rings. The van der Waals surface area contributed by atoms with Crippen LogP contribution in [-0.2, 0) is 22.6 Å². The van der Waals surface area contributed by atoms with Gasteiger partial charge in [-0.1, -0.05) is 110 Å². The molecule has 0 bridgehead atoms. The van der Waals surface area contributed by atoms with E-state index in [0.29, 0.717) is 23.0 Å². The van der Waals surface area contributed by atoms with Crippen molar-refractivity contribution in [2.24, 2.45) is 5.92 Å². The van der Waals surface area contributed by atoms with E-state index in [2.05, 4.69) is 46.0 Å². The van der Waals surface area contributed by atoms with E-state index in [0.717, 1.165) is 39.1 Å². The van der Waals surface area contributed by atoms with Crippen LogP contribution >= 0.6 is 11.8 Å². The van der Waals surface area contributed by atoms with E-state index >= 15 is 0 Å². The maximum atomic E-state index is 12.7. The molecule has 2 heterocycles. The van der Waals surface area contributed by atoms with Crippen LogP contribution in [0.2, 0.25) is 0 Å². The molecular formula is C40H37N5O5S.